The molecule has 1 aromatic rings. The first-order valence-electron chi connectivity index (χ1n) is 5.05. The number of carbonyl (C=O) groups excluding carboxylic acids is 1. The lowest BCUT2D eigenvalue weighted by molar-refractivity contribution is -0.121. The molecule has 0 heterocycles. The summed E-state index contributed by atoms with van der Waals surface area (Å²) in [5.41, 5.74) is 9.88. The Bertz CT molecular complexity index is 381. The van der Waals surface area contributed by atoms with E-state index in [1.54, 1.807) is 11.8 Å². The van der Waals surface area contributed by atoms with Crippen molar-refractivity contribution in [3.05, 3.63) is 23.8 Å². The zero-order valence-corrected chi connectivity index (χ0v) is 10.3. The van der Waals surface area contributed by atoms with Crippen LogP contribution < -0.4 is 17.0 Å². The van der Waals surface area contributed by atoms with Crippen LogP contribution in [0.3, 0.4) is 0 Å². The Morgan fingerprint density at radius 3 is 2.88 bits per heavy atom. The van der Waals surface area contributed by atoms with Gasteiger partial charge in [0.2, 0.25) is 5.91 Å². The van der Waals surface area contributed by atoms with Gasteiger partial charge in [-0.25, -0.2) is 5.84 Å². The maximum atomic E-state index is 11.1. The highest BCUT2D eigenvalue weighted by atomic mass is 32.2. The van der Waals surface area contributed by atoms with Crippen molar-refractivity contribution in [1.29, 1.82) is 0 Å². The van der Waals surface area contributed by atoms with Gasteiger partial charge < -0.3 is 5.73 Å². The quantitative estimate of drug-likeness (QED) is 0.244. The molecule has 1 atom stereocenters. The Morgan fingerprint density at radius 2 is 2.25 bits per heavy atom. The molecule has 0 aliphatic heterocycles. The van der Waals surface area contributed by atoms with Crippen LogP contribution in [0.25, 0.3) is 0 Å². The van der Waals surface area contributed by atoms with Gasteiger partial charge in [0.05, 0.1) is 0 Å². The van der Waals surface area contributed by atoms with Gasteiger partial charge in [0.1, 0.15) is 0 Å². The van der Waals surface area contributed by atoms with Gasteiger partial charge in [-0.05, 0) is 24.6 Å². The molecule has 0 bridgehead atoms. The fraction of sp³-hybridized carbons (Fsp3) is 0.364. The SMILES string of the molecule is Cc1ccc(N)c(SC(C)CC(=O)NN)c1. The number of hydrazine groups is 1. The highest BCUT2D eigenvalue weighted by Gasteiger charge is 2.11. The van der Waals surface area contributed by atoms with Crippen molar-refractivity contribution in [2.45, 2.75) is 30.4 Å². The average Bonchev–Trinajstić information content (AvgIpc) is 2.23. The smallest absolute Gasteiger partial charge is 0.234 e. The number of aryl methyl sites for hydroxylation is 1. The summed E-state index contributed by atoms with van der Waals surface area (Å²) in [6.07, 6.45) is 0.383. The van der Waals surface area contributed by atoms with Crippen molar-refractivity contribution in [2.24, 2.45) is 5.84 Å². The molecule has 4 nitrogen and oxygen atoms in total. The lowest BCUT2D eigenvalue weighted by Gasteiger charge is -2.12. The molecule has 16 heavy (non-hydrogen) atoms. The number of carbonyl (C=O) groups is 1. The van der Waals surface area contributed by atoms with Crippen LogP contribution in [0.1, 0.15) is 18.9 Å². The summed E-state index contributed by atoms with van der Waals surface area (Å²) in [6, 6.07) is 5.88. The highest BCUT2D eigenvalue weighted by Crippen LogP contribution is 2.30. The van der Waals surface area contributed by atoms with E-state index in [0.29, 0.717) is 6.42 Å². The normalized spacial score (nSPS) is 12.2. The van der Waals surface area contributed by atoms with Gasteiger partial charge >= 0.3 is 0 Å². The zero-order valence-electron chi connectivity index (χ0n) is 9.49. The van der Waals surface area contributed by atoms with Gasteiger partial charge in [0.15, 0.2) is 0 Å². The Morgan fingerprint density at radius 1 is 1.56 bits per heavy atom. The van der Waals surface area contributed by atoms with Crippen molar-refractivity contribution >= 4 is 23.4 Å². The van der Waals surface area contributed by atoms with Gasteiger partial charge in [-0.3, -0.25) is 10.2 Å². The van der Waals surface area contributed by atoms with Crippen molar-refractivity contribution in [3.8, 4) is 0 Å². The maximum absolute atomic E-state index is 11.1. The van der Waals surface area contributed by atoms with E-state index in [2.05, 4.69) is 5.43 Å². The molecule has 1 amide bonds. The summed E-state index contributed by atoms with van der Waals surface area (Å²) in [6.45, 7) is 3.99. The third kappa shape index (κ3) is 3.75. The summed E-state index contributed by atoms with van der Waals surface area (Å²) < 4.78 is 0. The van der Waals surface area contributed by atoms with Gasteiger partial charge in [0.25, 0.3) is 0 Å². The van der Waals surface area contributed by atoms with E-state index in [9.17, 15) is 4.79 Å². The van der Waals surface area contributed by atoms with E-state index in [4.69, 9.17) is 11.6 Å². The minimum absolute atomic E-state index is 0.146. The molecular formula is C11H17N3OS. The Kier molecular flexibility index (Phi) is 4.64. The fourth-order valence-electron chi connectivity index (χ4n) is 1.32. The van der Waals surface area contributed by atoms with Crippen molar-refractivity contribution < 1.29 is 4.79 Å². The fourth-order valence-corrected chi connectivity index (χ4v) is 2.45. The first kappa shape index (κ1) is 12.9. The predicted octanol–water partition coefficient (Wildman–Crippen LogP) is 1.44. The number of hydrogen-bond donors (Lipinski definition) is 3. The monoisotopic (exact) mass is 239 g/mol. The van der Waals surface area contributed by atoms with Crippen molar-refractivity contribution in [2.75, 3.05) is 5.73 Å². The molecule has 5 heteroatoms. The molecule has 1 rings (SSSR count). The van der Waals surface area contributed by atoms with Gasteiger partial charge in [0, 0.05) is 22.3 Å². The molecule has 0 saturated heterocycles. The third-order valence-corrected chi connectivity index (χ3v) is 3.31. The van der Waals surface area contributed by atoms with Crippen LogP contribution in [-0.2, 0) is 4.79 Å². The molecule has 0 aliphatic rings. The van der Waals surface area contributed by atoms with Crippen LogP contribution in [0.2, 0.25) is 0 Å². The largest absolute Gasteiger partial charge is 0.398 e. The second-order valence-corrected chi connectivity index (χ2v) is 5.22. The molecule has 88 valence electrons. The van der Waals surface area contributed by atoms with Crippen LogP contribution >= 0.6 is 11.8 Å². The molecule has 5 N–H and O–H groups in total. The second kappa shape index (κ2) is 5.77. The summed E-state index contributed by atoms with van der Waals surface area (Å²) in [5, 5.41) is 0.146. The topological polar surface area (TPSA) is 81.1 Å². The van der Waals surface area contributed by atoms with Crippen molar-refractivity contribution in [3.63, 3.8) is 0 Å². The number of anilines is 1. The van der Waals surface area contributed by atoms with Crippen LogP contribution in [0.5, 0.6) is 0 Å². The molecule has 0 fully saturated rings. The molecule has 1 unspecified atom stereocenters. The number of nitrogens with two attached hydrogens (primary N) is 2. The number of benzene rings is 1. The van der Waals surface area contributed by atoms with E-state index in [1.165, 1.54) is 0 Å². The van der Waals surface area contributed by atoms with Crippen LogP contribution in [0, 0.1) is 6.92 Å². The molecular weight excluding hydrogens is 222 g/mol. The molecule has 0 aliphatic carbocycles. The molecule has 1 aromatic carbocycles. The maximum Gasteiger partial charge on any atom is 0.234 e. The lowest BCUT2D eigenvalue weighted by atomic mass is 10.2. The summed E-state index contributed by atoms with van der Waals surface area (Å²) in [5.74, 6) is 4.87. The highest BCUT2D eigenvalue weighted by molar-refractivity contribution is 8.00. The number of rotatable bonds is 4. The standard InChI is InChI=1S/C11H17N3OS/c1-7-3-4-9(12)10(5-7)16-8(2)6-11(15)14-13/h3-5,8H,6,12-13H2,1-2H3,(H,14,15). The minimum atomic E-state index is -0.161. The Hall–Kier alpha value is -1.20. The second-order valence-electron chi connectivity index (χ2n) is 3.74. The first-order chi connectivity index (χ1) is 7.52. The van der Waals surface area contributed by atoms with Crippen LogP contribution in [0.4, 0.5) is 5.69 Å². The number of nitrogen functional groups attached to an aromatic ring is 1. The predicted molar refractivity (Wildman–Crippen MR) is 67.9 cm³/mol. The lowest BCUT2D eigenvalue weighted by Crippen LogP contribution is -2.31. The first-order valence-corrected chi connectivity index (χ1v) is 5.93. The average molecular weight is 239 g/mol. The summed E-state index contributed by atoms with van der Waals surface area (Å²) in [7, 11) is 0. The molecule has 0 aromatic heterocycles. The Balaban J connectivity index is 2.65. The molecule has 0 radical (unpaired) electrons. The number of amides is 1. The summed E-state index contributed by atoms with van der Waals surface area (Å²) in [4.78, 5) is 12.1. The molecule has 0 saturated carbocycles. The zero-order chi connectivity index (χ0) is 12.1. The molecule has 0 spiro atoms. The summed E-state index contributed by atoms with van der Waals surface area (Å²) >= 11 is 1.59. The van der Waals surface area contributed by atoms with Crippen LogP contribution in [-0.4, -0.2) is 11.2 Å². The minimum Gasteiger partial charge on any atom is -0.398 e. The van der Waals surface area contributed by atoms with E-state index >= 15 is 0 Å². The Labute approximate surface area is 99.7 Å². The number of hydrogen-bond acceptors (Lipinski definition) is 4. The number of nitrogens with one attached hydrogen (secondary N) is 1. The van der Waals surface area contributed by atoms with Gasteiger partial charge in [-0.2, -0.15) is 0 Å². The third-order valence-electron chi connectivity index (χ3n) is 2.13. The van der Waals surface area contributed by atoms with Crippen LogP contribution in [0.15, 0.2) is 23.1 Å². The van der Waals surface area contributed by atoms with Gasteiger partial charge in [-0.15, -0.1) is 11.8 Å². The number of thioether (sulfide) groups is 1. The van der Waals surface area contributed by atoms with Gasteiger partial charge in [-0.1, -0.05) is 13.0 Å². The van der Waals surface area contributed by atoms with E-state index in [1.807, 2.05) is 32.0 Å². The van der Waals surface area contributed by atoms with E-state index < -0.39 is 0 Å². The van der Waals surface area contributed by atoms with Crippen molar-refractivity contribution in [1.82, 2.24) is 5.43 Å². The van der Waals surface area contributed by atoms with E-state index in [0.717, 1.165) is 16.1 Å². The van der Waals surface area contributed by atoms with E-state index in [-0.39, 0.29) is 11.2 Å².